The van der Waals surface area contributed by atoms with Gasteiger partial charge in [-0.05, 0) is 25.8 Å². The number of allylic oxidation sites excluding steroid dienone is 2. The summed E-state index contributed by atoms with van der Waals surface area (Å²) >= 11 is 1.59. The van der Waals surface area contributed by atoms with E-state index in [2.05, 4.69) is 39.4 Å². The minimum Gasteiger partial charge on any atom is -0.474 e. The number of nitrogens with two attached hydrogens (primary N) is 1. The van der Waals surface area contributed by atoms with Gasteiger partial charge in [-0.3, -0.25) is 9.79 Å². The van der Waals surface area contributed by atoms with Crippen molar-refractivity contribution >= 4 is 22.8 Å². The molecule has 150 valence electrons. The zero-order valence-electron chi connectivity index (χ0n) is 16.1. The van der Waals surface area contributed by atoms with Crippen LogP contribution in [0.15, 0.2) is 41.3 Å². The molecule has 9 heteroatoms. The molecule has 8 nitrogen and oxygen atoms in total. The van der Waals surface area contributed by atoms with Gasteiger partial charge >= 0.3 is 0 Å². The Bertz CT molecular complexity index is 793. The Morgan fingerprint density at radius 1 is 1.39 bits per heavy atom. The fourth-order valence-electron chi connectivity index (χ4n) is 3.10. The van der Waals surface area contributed by atoms with Gasteiger partial charge in [0.25, 0.3) is 5.91 Å². The lowest BCUT2D eigenvalue weighted by atomic mass is 9.79. The predicted molar refractivity (Wildman–Crippen MR) is 109 cm³/mol. The van der Waals surface area contributed by atoms with Crippen molar-refractivity contribution in [3.8, 4) is 5.88 Å². The molecule has 0 saturated heterocycles. The number of nitrogens with zero attached hydrogens (tertiary/aromatic N) is 3. The summed E-state index contributed by atoms with van der Waals surface area (Å²) in [6.45, 7) is 2.95. The Balaban J connectivity index is 1.64. The van der Waals surface area contributed by atoms with E-state index >= 15 is 0 Å². The maximum absolute atomic E-state index is 12.5. The van der Waals surface area contributed by atoms with E-state index in [-0.39, 0.29) is 23.1 Å². The first kappa shape index (κ1) is 20.3. The molecule has 0 spiro atoms. The standard InChI is InChI=1S/C19H25N5O3S/c1-19(6-9-28-18(20)24-19)13-4-3-5-14(10-13)23-17(25)15-11-22-16(12-21-15)27-8-7-26-2/h3,5,10-13H,4,6-9H2,1-2H3,(H2,20,24)(H,23,25)/t13?,19-/m0/s1. The topological polar surface area (TPSA) is 112 Å². The van der Waals surface area contributed by atoms with Crippen molar-refractivity contribution in [2.75, 3.05) is 26.1 Å². The summed E-state index contributed by atoms with van der Waals surface area (Å²) in [5.74, 6) is 1.16. The van der Waals surface area contributed by atoms with E-state index in [1.165, 1.54) is 12.4 Å². The summed E-state index contributed by atoms with van der Waals surface area (Å²) in [4.78, 5) is 25.4. The van der Waals surface area contributed by atoms with Crippen LogP contribution < -0.4 is 15.8 Å². The molecule has 2 aliphatic rings. The quantitative estimate of drug-likeness (QED) is 0.669. The van der Waals surface area contributed by atoms with Crippen LogP contribution >= 0.6 is 11.8 Å². The molecule has 2 heterocycles. The Morgan fingerprint density at radius 3 is 2.96 bits per heavy atom. The number of aromatic nitrogens is 2. The summed E-state index contributed by atoms with van der Waals surface area (Å²) in [5, 5.41) is 3.52. The number of thioether (sulfide) groups is 1. The largest absolute Gasteiger partial charge is 0.474 e. The third kappa shape index (κ3) is 5.11. The third-order valence-electron chi connectivity index (χ3n) is 4.75. The second-order valence-corrected chi connectivity index (χ2v) is 7.92. The zero-order chi connectivity index (χ0) is 20.0. The lowest BCUT2D eigenvalue weighted by Gasteiger charge is -2.36. The summed E-state index contributed by atoms with van der Waals surface area (Å²) in [6, 6.07) is 0. The van der Waals surface area contributed by atoms with Gasteiger partial charge in [0.05, 0.1) is 24.5 Å². The fourth-order valence-corrected chi connectivity index (χ4v) is 4.10. The second kappa shape index (κ2) is 9.20. The molecule has 1 aromatic heterocycles. The summed E-state index contributed by atoms with van der Waals surface area (Å²) in [7, 11) is 1.59. The minimum atomic E-state index is -0.320. The maximum atomic E-state index is 12.5. The minimum absolute atomic E-state index is 0.176. The molecule has 1 aliphatic carbocycles. The van der Waals surface area contributed by atoms with Crippen LogP contribution in [0.1, 0.15) is 30.3 Å². The number of methoxy groups -OCH3 is 1. The van der Waals surface area contributed by atoms with Crippen LogP contribution in [0.5, 0.6) is 5.88 Å². The van der Waals surface area contributed by atoms with Gasteiger partial charge < -0.3 is 20.5 Å². The molecule has 0 fully saturated rings. The monoisotopic (exact) mass is 403 g/mol. The number of aliphatic imine (C=N–C) groups is 1. The van der Waals surface area contributed by atoms with E-state index in [0.29, 0.717) is 24.3 Å². The number of hydrogen-bond acceptors (Lipinski definition) is 8. The fraction of sp³-hybridized carbons (Fsp3) is 0.474. The molecule has 3 rings (SSSR count). The Hall–Kier alpha value is -2.39. The van der Waals surface area contributed by atoms with E-state index in [9.17, 15) is 4.79 Å². The van der Waals surface area contributed by atoms with Gasteiger partial charge in [0.2, 0.25) is 5.88 Å². The number of amidine groups is 1. The molecule has 1 aromatic rings. The SMILES string of the molecule is COCCOc1cnc(C(=O)NC2=CC([C@]3(C)CCSC(N)=N3)CC=C2)cn1. The number of hydrogen-bond donors (Lipinski definition) is 2. The van der Waals surface area contributed by atoms with Crippen LogP contribution in [0.3, 0.4) is 0 Å². The summed E-state index contributed by atoms with van der Waals surface area (Å²) in [6.07, 6.45) is 10.6. The summed E-state index contributed by atoms with van der Waals surface area (Å²) in [5.41, 5.74) is 6.63. The molecule has 1 unspecified atom stereocenters. The molecule has 0 aromatic carbocycles. The highest BCUT2D eigenvalue weighted by Crippen LogP contribution is 2.37. The Kier molecular flexibility index (Phi) is 6.69. The summed E-state index contributed by atoms with van der Waals surface area (Å²) < 4.78 is 10.3. The lowest BCUT2D eigenvalue weighted by Crippen LogP contribution is -2.38. The normalized spacial score (nSPS) is 24.3. The number of carbonyl (C=O) groups excluding carboxylic acids is 1. The van der Waals surface area contributed by atoms with Gasteiger partial charge in [0.1, 0.15) is 12.3 Å². The highest BCUT2D eigenvalue weighted by Gasteiger charge is 2.35. The molecule has 1 amide bonds. The Labute approximate surface area is 168 Å². The van der Waals surface area contributed by atoms with Crippen LogP contribution in [-0.4, -0.2) is 52.7 Å². The van der Waals surface area contributed by atoms with Crippen molar-refractivity contribution in [1.82, 2.24) is 15.3 Å². The third-order valence-corrected chi connectivity index (χ3v) is 5.54. The van der Waals surface area contributed by atoms with E-state index in [4.69, 9.17) is 15.2 Å². The first-order valence-corrected chi connectivity index (χ1v) is 10.1. The van der Waals surface area contributed by atoms with Crippen LogP contribution in [-0.2, 0) is 4.74 Å². The molecule has 0 bridgehead atoms. The molecule has 0 radical (unpaired) electrons. The number of amides is 1. The molecule has 1 aliphatic heterocycles. The van der Waals surface area contributed by atoms with Crippen LogP contribution in [0, 0.1) is 5.92 Å². The van der Waals surface area contributed by atoms with Crippen LogP contribution in [0.4, 0.5) is 0 Å². The molecule has 3 N–H and O–H groups in total. The average Bonchev–Trinajstić information content (AvgIpc) is 2.69. The smallest absolute Gasteiger partial charge is 0.275 e. The zero-order valence-corrected chi connectivity index (χ0v) is 16.9. The van der Waals surface area contributed by atoms with E-state index in [1.54, 1.807) is 18.9 Å². The number of carbonyl (C=O) groups is 1. The first-order chi connectivity index (χ1) is 13.5. The van der Waals surface area contributed by atoms with Crippen molar-refractivity contribution in [3.63, 3.8) is 0 Å². The van der Waals surface area contributed by atoms with Crippen molar-refractivity contribution in [2.45, 2.75) is 25.3 Å². The van der Waals surface area contributed by atoms with Crippen molar-refractivity contribution in [1.29, 1.82) is 0 Å². The number of nitrogens with one attached hydrogen (secondary N) is 1. The van der Waals surface area contributed by atoms with E-state index in [1.807, 2.05) is 6.08 Å². The molecular weight excluding hydrogens is 378 g/mol. The lowest BCUT2D eigenvalue weighted by molar-refractivity contribution is 0.0960. The highest BCUT2D eigenvalue weighted by atomic mass is 32.2. The van der Waals surface area contributed by atoms with Gasteiger partial charge in [0.15, 0.2) is 5.17 Å². The van der Waals surface area contributed by atoms with Gasteiger partial charge in [-0.15, -0.1) is 0 Å². The van der Waals surface area contributed by atoms with Gasteiger partial charge in [0, 0.05) is 24.5 Å². The molecule has 2 atom stereocenters. The van der Waals surface area contributed by atoms with Crippen LogP contribution in [0.25, 0.3) is 0 Å². The highest BCUT2D eigenvalue weighted by molar-refractivity contribution is 8.13. The van der Waals surface area contributed by atoms with Crippen LogP contribution in [0.2, 0.25) is 0 Å². The number of rotatable bonds is 7. The first-order valence-electron chi connectivity index (χ1n) is 9.12. The maximum Gasteiger partial charge on any atom is 0.275 e. The Morgan fingerprint density at radius 2 is 2.25 bits per heavy atom. The van der Waals surface area contributed by atoms with Crippen molar-refractivity contribution < 1.29 is 14.3 Å². The molecular formula is C19H25N5O3S. The average molecular weight is 404 g/mol. The van der Waals surface area contributed by atoms with E-state index < -0.39 is 0 Å². The van der Waals surface area contributed by atoms with Crippen molar-refractivity contribution in [2.24, 2.45) is 16.6 Å². The predicted octanol–water partition coefficient (Wildman–Crippen LogP) is 1.90. The van der Waals surface area contributed by atoms with E-state index in [0.717, 1.165) is 24.3 Å². The number of ether oxygens (including phenoxy) is 2. The second-order valence-electron chi connectivity index (χ2n) is 6.81. The van der Waals surface area contributed by atoms with Gasteiger partial charge in [-0.2, -0.15) is 0 Å². The molecule has 28 heavy (non-hydrogen) atoms. The molecule has 0 saturated carbocycles. The van der Waals surface area contributed by atoms with Gasteiger partial charge in [-0.1, -0.05) is 23.9 Å². The van der Waals surface area contributed by atoms with Gasteiger partial charge in [-0.25, -0.2) is 9.97 Å². The van der Waals surface area contributed by atoms with Crippen molar-refractivity contribution in [3.05, 3.63) is 42.0 Å².